The molecular formula is C42H27N3S. The summed E-state index contributed by atoms with van der Waals surface area (Å²) in [7, 11) is 0. The number of pyridine rings is 1. The van der Waals surface area contributed by atoms with Crippen LogP contribution in [-0.4, -0.2) is 14.5 Å². The molecule has 3 heterocycles. The van der Waals surface area contributed by atoms with Gasteiger partial charge in [-0.05, 0) is 59.2 Å². The van der Waals surface area contributed by atoms with Crippen LogP contribution < -0.4 is 0 Å². The number of thiazole rings is 1. The first-order chi connectivity index (χ1) is 22.8. The molecule has 3 aromatic heterocycles. The van der Waals surface area contributed by atoms with Crippen molar-refractivity contribution in [2.75, 3.05) is 0 Å². The minimum atomic E-state index is 0.964. The summed E-state index contributed by atoms with van der Waals surface area (Å²) in [5.41, 5.74) is 12.4. The molecule has 9 aromatic rings. The van der Waals surface area contributed by atoms with E-state index in [1.54, 1.807) is 11.3 Å². The van der Waals surface area contributed by atoms with E-state index in [1.807, 2.05) is 18.3 Å². The van der Waals surface area contributed by atoms with Gasteiger partial charge in [0, 0.05) is 39.3 Å². The summed E-state index contributed by atoms with van der Waals surface area (Å²) in [6.07, 6.45) is 1.85. The Morgan fingerprint density at radius 1 is 0.478 bits per heavy atom. The molecule has 6 aromatic carbocycles. The van der Waals surface area contributed by atoms with Crippen LogP contribution in [0.1, 0.15) is 0 Å². The van der Waals surface area contributed by atoms with Gasteiger partial charge in [-0.2, -0.15) is 0 Å². The van der Waals surface area contributed by atoms with E-state index in [9.17, 15) is 0 Å². The van der Waals surface area contributed by atoms with Gasteiger partial charge in [-0.25, -0.2) is 4.98 Å². The van der Waals surface area contributed by atoms with Crippen molar-refractivity contribution in [1.29, 1.82) is 0 Å². The van der Waals surface area contributed by atoms with Gasteiger partial charge in [0.05, 0.1) is 26.9 Å². The fourth-order valence-electron chi connectivity index (χ4n) is 6.50. The van der Waals surface area contributed by atoms with Gasteiger partial charge in [0.2, 0.25) is 0 Å². The molecule has 0 bridgehead atoms. The number of rotatable bonds is 5. The molecule has 0 N–H and O–H groups in total. The van der Waals surface area contributed by atoms with Crippen molar-refractivity contribution in [3.8, 4) is 49.8 Å². The van der Waals surface area contributed by atoms with E-state index in [2.05, 4.69) is 155 Å². The van der Waals surface area contributed by atoms with Gasteiger partial charge in [0.1, 0.15) is 5.01 Å². The Morgan fingerprint density at radius 2 is 1.20 bits per heavy atom. The number of nitrogens with zero attached hydrogens (tertiary/aromatic N) is 3. The molecule has 0 aliphatic carbocycles. The molecule has 46 heavy (non-hydrogen) atoms. The van der Waals surface area contributed by atoms with E-state index >= 15 is 0 Å². The molecule has 0 saturated heterocycles. The normalized spacial score (nSPS) is 11.5. The highest BCUT2D eigenvalue weighted by molar-refractivity contribution is 7.21. The first-order valence-electron chi connectivity index (χ1n) is 15.4. The first kappa shape index (κ1) is 26.6. The summed E-state index contributed by atoms with van der Waals surface area (Å²) in [5, 5.41) is 3.48. The van der Waals surface area contributed by atoms with Crippen molar-refractivity contribution >= 4 is 43.4 Å². The second kappa shape index (κ2) is 11.0. The summed E-state index contributed by atoms with van der Waals surface area (Å²) in [6, 6.07) is 55.9. The lowest BCUT2D eigenvalue weighted by Crippen LogP contribution is -1.95. The van der Waals surface area contributed by atoms with Gasteiger partial charge in [0.15, 0.2) is 0 Å². The predicted molar refractivity (Wildman–Crippen MR) is 193 cm³/mol. The van der Waals surface area contributed by atoms with Crippen molar-refractivity contribution in [2.24, 2.45) is 0 Å². The molecule has 0 unspecified atom stereocenters. The Kier molecular flexibility index (Phi) is 6.32. The lowest BCUT2D eigenvalue weighted by molar-refractivity contribution is 1.18. The molecule has 0 atom stereocenters. The van der Waals surface area contributed by atoms with E-state index in [0.717, 1.165) is 44.1 Å². The molecule has 9 rings (SSSR count). The van der Waals surface area contributed by atoms with E-state index in [-0.39, 0.29) is 0 Å². The maximum absolute atomic E-state index is 5.26. The van der Waals surface area contributed by atoms with Crippen molar-refractivity contribution in [2.45, 2.75) is 0 Å². The molecule has 0 amide bonds. The third kappa shape index (κ3) is 4.50. The zero-order chi connectivity index (χ0) is 30.5. The number of para-hydroxylation sites is 2. The van der Waals surface area contributed by atoms with Crippen LogP contribution in [-0.2, 0) is 0 Å². The fourth-order valence-corrected chi connectivity index (χ4v) is 7.49. The monoisotopic (exact) mass is 605 g/mol. The molecular weight excluding hydrogens is 579 g/mol. The Morgan fingerprint density at radius 3 is 2.07 bits per heavy atom. The summed E-state index contributed by atoms with van der Waals surface area (Å²) in [6.45, 7) is 0. The molecule has 3 nitrogen and oxygen atoms in total. The summed E-state index contributed by atoms with van der Waals surface area (Å²) in [4.78, 5) is 9.86. The topological polar surface area (TPSA) is 30.7 Å². The number of hydrogen-bond donors (Lipinski definition) is 0. The smallest absolute Gasteiger partial charge is 0.124 e. The van der Waals surface area contributed by atoms with Crippen molar-refractivity contribution < 1.29 is 0 Å². The summed E-state index contributed by atoms with van der Waals surface area (Å²) < 4.78 is 3.55. The predicted octanol–water partition coefficient (Wildman–Crippen LogP) is 11.5. The van der Waals surface area contributed by atoms with Crippen molar-refractivity contribution in [3.05, 3.63) is 164 Å². The molecule has 216 valence electrons. The second-order valence-electron chi connectivity index (χ2n) is 11.5. The van der Waals surface area contributed by atoms with Crippen LogP contribution in [0.2, 0.25) is 0 Å². The van der Waals surface area contributed by atoms with Gasteiger partial charge in [-0.3, -0.25) is 4.98 Å². The Hall–Kier alpha value is -5.84. The summed E-state index contributed by atoms with van der Waals surface area (Å²) >= 11 is 1.75. The molecule has 0 aliphatic heterocycles. The molecule has 4 heteroatoms. The third-order valence-corrected chi connectivity index (χ3v) is 9.78. The quantitative estimate of drug-likeness (QED) is 0.195. The third-order valence-electron chi connectivity index (χ3n) is 8.71. The highest BCUT2D eigenvalue weighted by Gasteiger charge is 2.16. The maximum Gasteiger partial charge on any atom is 0.124 e. The second-order valence-corrected chi connectivity index (χ2v) is 12.5. The van der Waals surface area contributed by atoms with Gasteiger partial charge in [-0.15, -0.1) is 11.3 Å². The minimum absolute atomic E-state index is 0.964. The summed E-state index contributed by atoms with van der Waals surface area (Å²) in [5.74, 6) is 0. The highest BCUT2D eigenvalue weighted by Crippen LogP contribution is 2.39. The molecule has 0 radical (unpaired) electrons. The average Bonchev–Trinajstić information content (AvgIpc) is 3.72. The first-order valence-corrected chi connectivity index (χ1v) is 16.2. The number of benzene rings is 6. The lowest BCUT2D eigenvalue weighted by Gasteiger charge is -2.10. The van der Waals surface area contributed by atoms with Crippen LogP contribution in [0.15, 0.2) is 164 Å². The van der Waals surface area contributed by atoms with Crippen LogP contribution in [0, 0.1) is 0 Å². The van der Waals surface area contributed by atoms with Gasteiger partial charge in [0.25, 0.3) is 0 Å². The Labute approximate surface area is 270 Å². The van der Waals surface area contributed by atoms with Gasteiger partial charge in [-0.1, -0.05) is 115 Å². The van der Waals surface area contributed by atoms with Crippen molar-refractivity contribution in [3.63, 3.8) is 0 Å². The van der Waals surface area contributed by atoms with E-state index in [1.165, 1.54) is 37.7 Å². The Bertz CT molecular complexity index is 2510. The van der Waals surface area contributed by atoms with Gasteiger partial charge >= 0.3 is 0 Å². The SMILES string of the molecule is c1ccc(-c2ccc(-c3cccc4sc(-c5ccc6c7ccccc7n(-c7cccc(-c8ccccn8)c7)c6c5)nc34)cc2)cc1. The van der Waals surface area contributed by atoms with Gasteiger partial charge < -0.3 is 4.57 Å². The molecule has 0 aliphatic rings. The molecule has 0 spiro atoms. The zero-order valence-corrected chi connectivity index (χ0v) is 25.7. The fraction of sp³-hybridized carbons (Fsp3) is 0. The van der Waals surface area contributed by atoms with Crippen LogP contribution in [0.5, 0.6) is 0 Å². The molecule has 0 saturated carbocycles. The number of hydrogen-bond acceptors (Lipinski definition) is 3. The van der Waals surface area contributed by atoms with E-state index < -0.39 is 0 Å². The average molecular weight is 606 g/mol. The van der Waals surface area contributed by atoms with E-state index in [0.29, 0.717) is 0 Å². The van der Waals surface area contributed by atoms with Crippen LogP contribution in [0.3, 0.4) is 0 Å². The lowest BCUT2D eigenvalue weighted by atomic mass is 10.00. The molecule has 0 fully saturated rings. The van der Waals surface area contributed by atoms with Crippen LogP contribution in [0.4, 0.5) is 0 Å². The van der Waals surface area contributed by atoms with Crippen LogP contribution >= 0.6 is 11.3 Å². The highest BCUT2D eigenvalue weighted by atomic mass is 32.1. The van der Waals surface area contributed by atoms with Crippen molar-refractivity contribution in [1.82, 2.24) is 14.5 Å². The van der Waals surface area contributed by atoms with Crippen LogP contribution in [0.25, 0.3) is 81.8 Å². The number of fused-ring (bicyclic) bond motifs is 4. The maximum atomic E-state index is 5.26. The standard InChI is InChI=1S/C42H27N3S/c1-2-10-28(11-3-1)29-19-21-30(22-20-29)34-15-9-18-40-41(34)44-42(46-40)32-23-24-36-35-14-4-5-17-38(35)45(39(36)27-32)33-13-8-12-31(26-33)37-16-6-7-25-43-37/h1-27H. The largest absolute Gasteiger partial charge is 0.309 e. The number of aromatic nitrogens is 3. The Balaban J connectivity index is 1.16. The zero-order valence-electron chi connectivity index (χ0n) is 24.8. The minimum Gasteiger partial charge on any atom is -0.309 e. The van der Waals surface area contributed by atoms with E-state index in [4.69, 9.17) is 4.98 Å².